The Kier molecular flexibility index (Phi) is 6.83. The van der Waals surface area contributed by atoms with Crippen LogP contribution in [0.4, 0.5) is 8.78 Å². The fourth-order valence-electron chi connectivity index (χ4n) is 4.03. The largest absolute Gasteiger partial charge is 0.356 e. The van der Waals surface area contributed by atoms with E-state index in [9.17, 15) is 8.78 Å². The van der Waals surface area contributed by atoms with Crippen LogP contribution in [0.3, 0.4) is 0 Å². The molecule has 3 rings (SSSR count). The minimum atomic E-state index is -0.395. The van der Waals surface area contributed by atoms with E-state index in [0.29, 0.717) is 23.9 Å². The van der Waals surface area contributed by atoms with Crippen LogP contribution in [0.25, 0.3) is 0 Å². The lowest BCUT2D eigenvalue weighted by atomic mass is 9.86. The fourth-order valence-corrected chi connectivity index (χ4v) is 4.03. The van der Waals surface area contributed by atoms with Gasteiger partial charge in [-0.15, -0.1) is 24.0 Å². The predicted octanol–water partition coefficient (Wildman–Crippen LogP) is 3.97. The molecule has 1 spiro atoms. The molecule has 24 heavy (non-hydrogen) atoms. The topological polar surface area (TPSA) is 27.6 Å². The molecule has 1 aromatic rings. The fraction of sp³-hybridized carbons (Fsp3) is 0.611. The van der Waals surface area contributed by atoms with E-state index in [-0.39, 0.29) is 29.8 Å². The number of nitrogens with zero attached hydrogens (tertiary/aromatic N) is 2. The highest BCUT2D eigenvalue weighted by atomic mass is 127. The van der Waals surface area contributed by atoms with E-state index >= 15 is 0 Å². The van der Waals surface area contributed by atoms with Gasteiger partial charge in [-0.3, -0.25) is 4.99 Å². The van der Waals surface area contributed by atoms with Gasteiger partial charge in [-0.25, -0.2) is 8.78 Å². The van der Waals surface area contributed by atoms with E-state index < -0.39 is 5.82 Å². The molecule has 0 aromatic heterocycles. The third-order valence-corrected chi connectivity index (χ3v) is 5.30. The van der Waals surface area contributed by atoms with Crippen LogP contribution in [0.5, 0.6) is 0 Å². The van der Waals surface area contributed by atoms with Crippen molar-refractivity contribution in [3.63, 3.8) is 0 Å². The van der Waals surface area contributed by atoms with E-state index in [1.54, 1.807) is 7.05 Å². The number of halogens is 3. The van der Waals surface area contributed by atoms with Gasteiger partial charge in [-0.2, -0.15) is 0 Å². The van der Waals surface area contributed by atoms with Gasteiger partial charge in [-0.05, 0) is 54.9 Å². The van der Waals surface area contributed by atoms with Crippen LogP contribution in [0.1, 0.15) is 37.7 Å². The summed E-state index contributed by atoms with van der Waals surface area (Å²) in [7, 11) is 1.78. The smallest absolute Gasteiger partial charge is 0.193 e. The van der Waals surface area contributed by atoms with Crippen molar-refractivity contribution in [2.45, 2.75) is 38.5 Å². The van der Waals surface area contributed by atoms with E-state index in [2.05, 4.69) is 15.2 Å². The number of guanidine groups is 1. The maximum atomic E-state index is 13.6. The average molecular weight is 449 g/mol. The summed E-state index contributed by atoms with van der Waals surface area (Å²) in [6, 6.07) is 3.60. The first-order valence-corrected chi connectivity index (χ1v) is 8.51. The molecule has 0 amide bonds. The number of aliphatic imine (C=N–C) groups is 1. The Morgan fingerprint density at radius 3 is 2.71 bits per heavy atom. The van der Waals surface area contributed by atoms with Gasteiger partial charge in [-0.1, -0.05) is 12.8 Å². The molecule has 0 radical (unpaired) electrons. The summed E-state index contributed by atoms with van der Waals surface area (Å²) in [5.41, 5.74) is 0.897. The number of nitrogens with one attached hydrogen (secondary N) is 1. The summed E-state index contributed by atoms with van der Waals surface area (Å²) in [4.78, 5) is 6.67. The zero-order chi connectivity index (χ0) is 16.3. The first-order chi connectivity index (χ1) is 11.1. The van der Waals surface area contributed by atoms with Crippen molar-refractivity contribution in [2.75, 3.05) is 26.7 Å². The van der Waals surface area contributed by atoms with Crippen LogP contribution >= 0.6 is 24.0 Å². The summed E-state index contributed by atoms with van der Waals surface area (Å²) in [5, 5.41) is 3.30. The number of hydrogen-bond donors (Lipinski definition) is 1. The molecule has 1 N–H and O–H groups in total. The SMILES string of the molecule is CN=C(NCCc1cc(F)ccc1F)N1CCC2(CCCC2)C1.I. The first-order valence-electron chi connectivity index (χ1n) is 8.51. The summed E-state index contributed by atoms with van der Waals surface area (Å²) in [6.45, 7) is 2.66. The first kappa shape index (κ1) is 19.4. The summed E-state index contributed by atoms with van der Waals surface area (Å²) >= 11 is 0. The van der Waals surface area contributed by atoms with Crippen LogP contribution in [0.15, 0.2) is 23.2 Å². The molecule has 2 aliphatic rings. The molecule has 134 valence electrons. The molecule has 1 aliphatic heterocycles. The van der Waals surface area contributed by atoms with Gasteiger partial charge >= 0.3 is 0 Å². The van der Waals surface area contributed by atoms with Crippen LogP contribution in [-0.4, -0.2) is 37.5 Å². The Labute approximate surface area is 159 Å². The van der Waals surface area contributed by atoms with E-state index in [4.69, 9.17) is 0 Å². The molecule has 1 aliphatic carbocycles. The van der Waals surface area contributed by atoms with E-state index in [1.165, 1.54) is 44.2 Å². The van der Waals surface area contributed by atoms with E-state index in [1.807, 2.05) is 0 Å². The maximum absolute atomic E-state index is 13.6. The normalized spacial score (nSPS) is 19.6. The third kappa shape index (κ3) is 4.37. The Morgan fingerprint density at radius 1 is 1.25 bits per heavy atom. The molecular formula is C18H26F2IN3. The van der Waals surface area contributed by atoms with Gasteiger partial charge in [0.05, 0.1) is 0 Å². The van der Waals surface area contributed by atoms with Crippen LogP contribution in [0.2, 0.25) is 0 Å². The van der Waals surface area contributed by atoms with Gasteiger partial charge in [0, 0.05) is 26.7 Å². The summed E-state index contributed by atoms with van der Waals surface area (Å²) in [5.74, 6) is 0.133. The molecular weight excluding hydrogens is 423 g/mol. The van der Waals surface area contributed by atoms with Crippen LogP contribution in [0, 0.1) is 17.0 Å². The van der Waals surface area contributed by atoms with Crippen molar-refractivity contribution < 1.29 is 8.78 Å². The standard InChI is InChI=1S/C18H25F2N3.HI/c1-21-17(23-11-9-18(13-23)7-2-3-8-18)22-10-6-14-12-15(19)4-5-16(14)20;/h4-5,12H,2-3,6-11,13H2,1H3,(H,21,22);1H. The molecule has 0 bridgehead atoms. The molecule has 6 heteroatoms. The van der Waals surface area contributed by atoms with Crippen molar-refractivity contribution in [1.29, 1.82) is 0 Å². The van der Waals surface area contributed by atoms with Crippen molar-refractivity contribution in [1.82, 2.24) is 10.2 Å². The lowest BCUT2D eigenvalue weighted by Crippen LogP contribution is -2.41. The molecule has 1 aromatic carbocycles. The van der Waals surface area contributed by atoms with Crippen molar-refractivity contribution in [3.8, 4) is 0 Å². The number of likely N-dealkylation sites (tertiary alicyclic amines) is 1. The van der Waals surface area contributed by atoms with Gasteiger partial charge in [0.2, 0.25) is 0 Å². The Bertz CT molecular complexity index is 586. The van der Waals surface area contributed by atoms with Gasteiger partial charge < -0.3 is 10.2 Å². The zero-order valence-corrected chi connectivity index (χ0v) is 16.5. The highest BCUT2D eigenvalue weighted by Gasteiger charge is 2.40. The highest BCUT2D eigenvalue weighted by Crippen LogP contribution is 2.45. The zero-order valence-electron chi connectivity index (χ0n) is 14.2. The van der Waals surface area contributed by atoms with Crippen molar-refractivity contribution in [3.05, 3.63) is 35.4 Å². The van der Waals surface area contributed by atoms with Crippen LogP contribution < -0.4 is 5.32 Å². The highest BCUT2D eigenvalue weighted by molar-refractivity contribution is 14.0. The van der Waals surface area contributed by atoms with Gasteiger partial charge in [0.1, 0.15) is 11.6 Å². The molecule has 2 fully saturated rings. The predicted molar refractivity (Wildman–Crippen MR) is 104 cm³/mol. The quantitative estimate of drug-likeness (QED) is 0.430. The Balaban J connectivity index is 0.00000208. The Hall–Kier alpha value is -0.920. The summed E-state index contributed by atoms with van der Waals surface area (Å²) in [6.07, 6.45) is 7.04. The molecule has 1 heterocycles. The van der Waals surface area contributed by atoms with Crippen molar-refractivity contribution in [2.24, 2.45) is 10.4 Å². The molecule has 3 nitrogen and oxygen atoms in total. The van der Waals surface area contributed by atoms with Crippen LogP contribution in [-0.2, 0) is 6.42 Å². The maximum Gasteiger partial charge on any atom is 0.193 e. The lowest BCUT2D eigenvalue weighted by molar-refractivity contribution is 0.309. The summed E-state index contributed by atoms with van der Waals surface area (Å²) < 4.78 is 26.8. The average Bonchev–Trinajstić information content (AvgIpc) is 3.18. The minimum Gasteiger partial charge on any atom is -0.356 e. The molecule has 1 saturated carbocycles. The minimum absolute atomic E-state index is 0. The Morgan fingerprint density at radius 2 is 2.00 bits per heavy atom. The third-order valence-electron chi connectivity index (χ3n) is 5.30. The number of hydrogen-bond acceptors (Lipinski definition) is 1. The monoisotopic (exact) mass is 449 g/mol. The number of rotatable bonds is 3. The second kappa shape index (κ2) is 8.45. The second-order valence-corrected chi connectivity index (χ2v) is 6.84. The van der Waals surface area contributed by atoms with Gasteiger partial charge in [0.15, 0.2) is 5.96 Å². The lowest BCUT2D eigenvalue weighted by Gasteiger charge is -2.26. The molecule has 0 atom stereocenters. The second-order valence-electron chi connectivity index (χ2n) is 6.84. The van der Waals surface area contributed by atoms with Crippen molar-refractivity contribution >= 4 is 29.9 Å². The molecule has 0 unspecified atom stereocenters. The van der Waals surface area contributed by atoms with Gasteiger partial charge in [0.25, 0.3) is 0 Å². The number of benzene rings is 1. The van der Waals surface area contributed by atoms with E-state index in [0.717, 1.165) is 25.1 Å². The molecule has 1 saturated heterocycles.